The fraction of sp³-hybridized carbons (Fsp3) is 0.0952. The molecule has 3 heterocycles. The van der Waals surface area contributed by atoms with Gasteiger partial charge in [0.2, 0.25) is 6.79 Å². The summed E-state index contributed by atoms with van der Waals surface area (Å²) in [6.45, 7) is 1.77. The second kappa shape index (κ2) is 5.67. The molecule has 0 unspecified atom stereocenters. The largest absolute Gasteiger partial charge is 0.507 e. The molecule has 0 saturated carbocycles. The number of hydrogen-bond acceptors (Lipinski definition) is 5. The summed E-state index contributed by atoms with van der Waals surface area (Å²) < 4.78 is 16.2. The van der Waals surface area contributed by atoms with Crippen LogP contribution in [-0.2, 0) is 0 Å². The van der Waals surface area contributed by atoms with Crippen LogP contribution >= 0.6 is 0 Å². The molecule has 0 fully saturated rings. The van der Waals surface area contributed by atoms with E-state index >= 15 is 0 Å². The molecular formula is C21H15NO5. The van der Waals surface area contributed by atoms with Crippen LogP contribution in [0.15, 0.2) is 57.7 Å². The summed E-state index contributed by atoms with van der Waals surface area (Å²) in [5.74, 6) is 1.45. The first-order chi connectivity index (χ1) is 13.1. The summed E-state index contributed by atoms with van der Waals surface area (Å²) >= 11 is 0. The second-order valence-corrected chi connectivity index (χ2v) is 6.40. The molecule has 0 radical (unpaired) electrons. The highest BCUT2D eigenvalue weighted by Crippen LogP contribution is 2.45. The van der Waals surface area contributed by atoms with Crippen LogP contribution in [0.5, 0.6) is 17.2 Å². The molecule has 0 atom stereocenters. The van der Waals surface area contributed by atoms with Gasteiger partial charge in [-0.2, -0.15) is 0 Å². The molecule has 2 N–H and O–H groups in total. The molecule has 0 bridgehead atoms. The highest BCUT2D eigenvalue weighted by Gasteiger charge is 2.25. The van der Waals surface area contributed by atoms with Crippen LogP contribution in [0.25, 0.3) is 33.3 Å². The van der Waals surface area contributed by atoms with Gasteiger partial charge in [-0.25, -0.2) is 4.79 Å². The highest BCUT2D eigenvalue weighted by molar-refractivity contribution is 6.05. The van der Waals surface area contributed by atoms with Crippen LogP contribution in [0, 0.1) is 6.92 Å². The second-order valence-electron chi connectivity index (χ2n) is 6.40. The molecule has 6 heteroatoms. The van der Waals surface area contributed by atoms with Crippen LogP contribution in [-0.4, -0.2) is 16.9 Å². The molecule has 4 aromatic rings. The lowest BCUT2D eigenvalue weighted by molar-refractivity contribution is 0.174. The fourth-order valence-electron chi connectivity index (χ4n) is 3.49. The Kier molecular flexibility index (Phi) is 3.27. The summed E-state index contributed by atoms with van der Waals surface area (Å²) in [6, 6.07) is 14.7. The van der Waals surface area contributed by atoms with E-state index in [-0.39, 0.29) is 18.1 Å². The summed E-state index contributed by atoms with van der Waals surface area (Å²) in [6.07, 6.45) is 0. The van der Waals surface area contributed by atoms with Gasteiger partial charge in [0.15, 0.2) is 11.5 Å². The lowest BCUT2D eigenvalue weighted by atomic mass is 9.98. The molecule has 1 aliphatic rings. The number of aromatic hydroxyl groups is 1. The summed E-state index contributed by atoms with van der Waals surface area (Å²) in [5, 5.41) is 11.3. The number of rotatable bonds is 2. The molecule has 27 heavy (non-hydrogen) atoms. The van der Waals surface area contributed by atoms with Gasteiger partial charge < -0.3 is 24.0 Å². The minimum Gasteiger partial charge on any atom is -0.507 e. The molecule has 6 nitrogen and oxygen atoms in total. The van der Waals surface area contributed by atoms with Gasteiger partial charge in [-0.05, 0) is 18.6 Å². The maximum atomic E-state index is 12.6. The van der Waals surface area contributed by atoms with E-state index in [9.17, 15) is 9.90 Å². The van der Waals surface area contributed by atoms with E-state index in [1.54, 1.807) is 6.92 Å². The van der Waals surface area contributed by atoms with E-state index in [1.165, 1.54) is 6.07 Å². The number of fused-ring (bicyclic) bond motifs is 2. The maximum absolute atomic E-state index is 12.6. The van der Waals surface area contributed by atoms with Crippen molar-refractivity contribution in [2.45, 2.75) is 6.92 Å². The Morgan fingerprint density at radius 3 is 2.48 bits per heavy atom. The van der Waals surface area contributed by atoms with Crippen molar-refractivity contribution in [1.82, 2.24) is 4.98 Å². The zero-order chi connectivity index (χ0) is 18.5. The van der Waals surface area contributed by atoms with Gasteiger partial charge >= 0.3 is 5.63 Å². The van der Waals surface area contributed by atoms with E-state index in [0.717, 1.165) is 16.5 Å². The summed E-state index contributed by atoms with van der Waals surface area (Å²) in [4.78, 5) is 16.0. The van der Waals surface area contributed by atoms with Gasteiger partial charge in [0.1, 0.15) is 17.1 Å². The highest BCUT2D eigenvalue weighted by atomic mass is 16.7. The zero-order valence-electron chi connectivity index (χ0n) is 14.4. The molecule has 0 spiro atoms. The molecule has 5 rings (SSSR count). The normalized spacial score (nSPS) is 12.6. The van der Waals surface area contributed by atoms with Gasteiger partial charge in [-0.1, -0.05) is 30.3 Å². The summed E-state index contributed by atoms with van der Waals surface area (Å²) in [7, 11) is 0. The number of nitrogens with one attached hydrogen (secondary N) is 1. The molecule has 0 aliphatic carbocycles. The zero-order valence-corrected chi connectivity index (χ0v) is 14.4. The Morgan fingerprint density at radius 1 is 1.00 bits per heavy atom. The standard InChI is InChI=1S/C21H15NO5/c1-11-7-15(23)19(21(24)27-11)18-13-8-16-17(26-10-25-16)9-14(13)22-20(18)12-5-3-2-4-6-12/h2-9,22-23H,10H2,1H3. The quantitative estimate of drug-likeness (QED) is 0.559. The molecule has 1 aliphatic heterocycles. The molecule has 0 amide bonds. The SMILES string of the molecule is Cc1cc(O)c(-c2c(-c3ccccc3)[nH]c3cc4c(cc23)OCO4)c(=O)o1. The van der Waals surface area contributed by atoms with Crippen molar-refractivity contribution in [3.63, 3.8) is 0 Å². The van der Waals surface area contributed by atoms with Crippen molar-refractivity contribution in [2.75, 3.05) is 6.79 Å². The van der Waals surface area contributed by atoms with Gasteiger partial charge in [-0.3, -0.25) is 0 Å². The molecule has 2 aromatic heterocycles. The molecule has 0 saturated heterocycles. The van der Waals surface area contributed by atoms with Crippen LogP contribution in [0.1, 0.15) is 5.76 Å². The van der Waals surface area contributed by atoms with Crippen LogP contribution in [0.4, 0.5) is 0 Å². The summed E-state index contributed by atoms with van der Waals surface area (Å²) in [5.41, 5.74) is 2.45. The van der Waals surface area contributed by atoms with Crippen molar-refractivity contribution in [3.8, 4) is 39.6 Å². The number of H-pyrrole nitrogens is 1. The van der Waals surface area contributed by atoms with Crippen molar-refractivity contribution in [3.05, 3.63) is 64.7 Å². The molecular weight excluding hydrogens is 346 g/mol. The Bertz CT molecular complexity index is 1240. The van der Waals surface area contributed by atoms with Crippen LogP contribution in [0.2, 0.25) is 0 Å². The Hall–Kier alpha value is -3.67. The number of hydrogen-bond donors (Lipinski definition) is 2. The molecule has 2 aromatic carbocycles. The Balaban J connectivity index is 1.91. The first-order valence-corrected chi connectivity index (χ1v) is 8.46. The van der Waals surface area contributed by atoms with Gasteiger partial charge in [0.25, 0.3) is 0 Å². The third-order valence-electron chi connectivity index (χ3n) is 4.66. The van der Waals surface area contributed by atoms with Gasteiger partial charge in [0, 0.05) is 23.1 Å². The first-order valence-electron chi connectivity index (χ1n) is 8.46. The van der Waals surface area contributed by atoms with Crippen molar-refractivity contribution >= 4 is 10.9 Å². The minimum absolute atomic E-state index is 0.115. The maximum Gasteiger partial charge on any atom is 0.347 e. The Labute approximate surface area is 153 Å². The smallest absolute Gasteiger partial charge is 0.347 e. The third-order valence-corrected chi connectivity index (χ3v) is 4.66. The van der Waals surface area contributed by atoms with Gasteiger partial charge in [-0.15, -0.1) is 0 Å². The number of ether oxygens (including phenoxy) is 2. The van der Waals surface area contributed by atoms with Crippen molar-refractivity contribution < 1.29 is 19.0 Å². The van der Waals surface area contributed by atoms with Crippen LogP contribution in [0.3, 0.4) is 0 Å². The number of benzene rings is 2. The first kappa shape index (κ1) is 15.6. The van der Waals surface area contributed by atoms with E-state index < -0.39 is 5.63 Å². The average Bonchev–Trinajstić information content (AvgIpc) is 3.24. The van der Waals surface area contributed by atoms with Crippen molar-refractivity contribution in [2.24, 2.45) is 0 Å². The van der Waals surface area contributed by atoms with Gasteiger partial charge in [0.05, 0.1) is 11.2 Å². The third kappa shape index (κ3) is 2.38. The number of aromatic amines is 1. The van der Waals surface area contributed by atoms with Crippen LogP contribution < -0.4 is 15.1 Å². The van der Waals surface area contributed by atoms with Crippen molar-refractivity contribution in [1.29, 1.82) is 0 Å². The van der Waals surface area contributed by atoms with E-state index in [1.807, 2.05) is 42.5 Å². The molecule has 134 valence electrons. The topological polar surface area (TPSA) is 84.7 Å². The monoisotopic (exact) mass is 361 g/mol. The predicted octanol–water partition coefficient (Wildman–Crippen LogP) is 4.20. The lowest BCUT2D eigenvalue weighted by Crippen LogP contribution is -2.04. The van der Waals surface area contributed by atoms with E-state index in [0.29, 0.717) is 28.5 Å². The van der Waals surface area contributed by atoms with E-state index in [2.05, 4.69) is 4.98 Å². The average molecular weight is 361 g/mol. The number of aromatic nitrogens is 1. The Morgan fingerprint density at radius 2 is 1.74 bits per heavy atom. The predicted molar refractivity (Wildman–Crippen MR) is 100 cm³/mol. The number of aryl methyl sites for hydroxylation is 1. The fourth-order valence-corrected chi connectivity index (χ4v) is 3.49. The minimum atomic E-state index is -0.594. The van der Waals surface area contributed by atoms with E-state index in [4.69, 9.17) is 13.9 Å². The lowest BCUT2D eigenvalue weighted by Gasteiger charge is -2.07.